The zero-order valence-corrected chi connectivity index (χ0v) is 19.8. The van der Waals surface area contributed by atoms with Crippen LogP contribution in [-0.4, -0.2) is 49.1 Å². The third-order valence-corrected chi connectivity index (χ3v) is 7.01. The van der Waals surface area contributed by atoms with E-state index in [1.165, 1.54) is 0 Å². The molecule has 0 radical (unpaired) electrons. The van der Waals surface area contributed by atoms with Gasteiger partial charge in [0.2, 0.25) is 11.8 Å². The fourth-order valence-electron chi connectivity index (χ4n) is 5.27. The molecule has 2 aliphatic heterocycles. The molecule has 0 aliphatic carbocycles. The molecule has 2 N–H and O–H groups in total. The Morgan fingerprint density at radius 3 is 2.55 bits per heavy atom. The normalized spacial score (nSPS) is 25.0. The van der Waals surface area contributed by atoms with Crippen LogP contribution in [0.1, 0.15) is 49.8 Å². The van der Waals surface area contributed by atoms with Gasteiger partial charge < -0.3 is 20.1 Å². The van der Waals surface area contributed by atoms with Gasteiger partial charge in [0, 0.05) is 30.3 Å². The molecule has 2 aliphatic rings. The zero-order valence-electron chi connectivity index (χ0n) is 19.8. The number of hydrogen-bond acceptors (Lipinski definition) is 5. The maximum atomic E-state index is 13.2. The number of rotatable bonds is 6. The SMILES string of the molecule is COc1ccc([C@@H]2C[C@]3(C)NC(=O)CCC[C@@H]3N2CC(=O)Nc2cc(OC)ccc2C)cc1. The molecule has 176 valence electrons. The molecular weight excluding hydrogens is 418 g/mol. The van der Waals surface area contributed by atoms with E-state index in [1.54, 1.807) is 14.2 Å². The Morgan fingerprint density at radius 1 is 1.15 bits per heavy atom. The number of carbonyl (C=O) groups excluding carboxylic acids is 2. The lowest BCUT2D eigenvalue weighted by Crippen LogP contribution is -2.53. The third-order valence-electron chi connectivity index (χ3n) is 7.01. The van der Waals surface area contributed by atoms with Crippen molar-refractivity contribution in [2.24, 2.45) is 0 Å². The Bertz CT molecular complexity index is 1020. The first-order valence-corrected chi connectivity index (χ1v) is 11.5. The summed E-state index contributed by atoms with van der Waals surface area (Å²) in [6.45, 7) is 4.31. The molecule has 0 bridgehead atoms. The molecule has 0 spiro atoms. The molecule has 7 heteroatoms. The topological polar surface area (TPSA) is 79.9 Å². The number of ether oxygens (including phenoxy) is 2. The highest BCUT2D eigenvalue weighted by atomic mass is 16.5. The van der Waals surface area contributed by atoms with Crippen molar-refractivity contribution in [2.45, 2.75) is 57.2 Å². The molecule has 0 aromatic heterocycles. The number of likely N-dealkylation sites (tertiary alicyclic amines) is 1. The summed E-state index contributed by atoms with van der Waals surface area (Å²) in [5.41, 5.74) is 2.45. The average molecular weight is 452 g/mol. The number of hydrogen-bond donors (Lipinski definition) is 2. The van der Waals surface area contributed by atoms with E-state index in [0.717, 1.165) is 41.8 Å². The van der Waals surface area contributed by atoms with Gasteiger partial charge in [-0.1, -0.05) is 18.2 Å². The lowest BCUT2D eigenvalue weighted by Gasteiger charge is -2.34. The highest BCUT2D eigenvalue weighted by Crippen LogP contribution is 2.45. The van der Waals surface area contributed by atoms with Crippen molar-refractivity contribution in [1.82, 2.24) is 10.2 Å². The zero-order chi connectivity index (χ0) is 23.6. The summed E-state index contributed by atoms with van der Waals surface area (Å²) in [6.07, 6.45) is 2.96. The monoisotopic (exact) mass is 451 g/mol. The fraction of sp³-hybridized carbons (Fsp3) is 0.462. The van der Waals surface area contributed by atoms with Crippen LogP contribution >= 0.6 is 0 Å². The summed E-state index contributed by atoms with van der Waals surface area (Å²) in [5, 5.41) is 6.33. The van der Waals surface area contributed by atoms with Gasteiger partial charge >= 0.3 is 0 Å². The van der Waals surface area contributed by atoms with Crippen molar-refractivity contribution in [3.8, 4) is 11.5 Å². The summed E-state index contributed by atoms with van der Waals surface area (Å²) in [4.78, 5) is 27.9. The maximum absolute atomic E-state index is 13.2. The summed E-state index contributed by atoms with van der Waals surface area (Å²) in [6, 6.07) is 13.7. The first-order chi connectivity index (χ1) is 15.8. The van der Waals surface area contributed by atoms with Gasteiger partial charge in [0.15, 0.2) is 0 Å². The Kier molecular flexibility index (Phi) is 6.61. The molecule has 33 heavy (non-hydrogen) atoms. The van der Waals surface area contributed by atoms with E-state index in [-0.39, 0.29) is 36.0 Å². The van der Waals surface area contributed by atoms with Crippen LogP contribution in [0.3, 0.4) is 0 Å². The molecule has 3 atom stereocenters. The van der Waals surface area contributed by atoms with Crippen LogP contribution in [0.5, 0.6) is 11.5 Å². The van der Waals surface area contributed by atoms with Crippen LogP contribution in [0.25, 0.3) is 0 Å². The van der Waals surface area contributed by atoms with Crippen LogP contribution < -0.4 is 20.1 Å². The molecule has 2 fully saturated rings. The van der Waals surface area contributed by atoms with Gasteiger partial charge in [0.05, 0.1) is 26.3 Å². The van der Waals surface area contributed by atoms with E-state index in [9.17, 15) is 9.59 Å². The van der Waals surface area contributed by atoms with Crippen LogP contribution in [0, 0.1) is 6.92 Å². The van der Waals surface area contributed by atoms with Crippen LogP contribution in [-0.2, 0) is 9.59 Å². The number of benzene rings is 2. The minimum atomic E-state index is -0.385. The highest BCUT2D eigenvalue weighted by Gasteiger charge is 2.51. The number of anilines is 1. The largest absolute Gasteiger partial charge is 0.497 e. The molecule has 4 rings (SSSR count). The summed E-state index contributed by atoms with van der Waals surface area (Å²) in [5.74, 6) is 1.51. The molecule has 2 aromatic rings. The Labute approximate surface area is 195 Å². The van der Waals surface area contributed by atoms with Crippen molar-refractivity contribution in [2.75, 3.05) is 26.1 Å². The van der Waals surface area contributed by atoms with Gasteiger partial charge in [0.25, 0.3) is 0 Å². The van der Waals surface area contributed by atoms with E-state index in [1.807, 2.05) is 37.3 Å². The van der Waals surface area contributed by atoms with Crippen molar-refractivity contribution in [3.05, 3.63) is 53.6 Å². The molecule has 2 heterocycles. The molecule has 2 amide bonds. The van der Waals surface area contributed by atoms with Crippen LogP contribution in [0.4, 0.5) is 5.69 Å². The summed E-state index contributed by atoms with van der Waals surface area (Å²) >= 11 is 0. The van der Waals surface area contributed by atoms with Gasteiger partial charge in [-0.05, 0) is 62.4 Å². The maximum Gasteiger partial charge on any atom is 0.238 e. The minimum absolute atomic E-state index is 0.0152. The number of carbonyl (C=O) groups is 2. The van der Waals surface area contributed by atoms with Gasteiger partial charge in [0.1, 0.15) is 11.5 Å². The molecule has 7 nitrogen and oxygen atoms in total. The minimum Gasteiger partial charge on any atom is -0.497 e. The second kappa shape index (κ2) is 9.43. The second-order valence-corrected chi connectivity index (χ2v) is 9.27. The Balaban J connectivity index is 1.61. The van der Waals surface area contributed by atoms with E-state index in [2.05, 4.69) is 34.6 Å². The smallest absolute Gasteiger partial charge is 0.238 e. The van der Waals surface area contributed by atoms with Gasteiger partial charge in [-0.2, -0.15) is 0 Å². The van der Waals surface area contributed by atoms with Crippen molar-refractivity contribution in [1.29, 1.82) is 0 Å². The first-order valence-electron chi connectivity index (χ1n) is 11.5. The standard InChI is InChI=1S/C26H33N3O4/c1-17-8-11-20(33-4)14-21(17)27-25(31)16-29-22(18-9-12-19(32-3)13-10-18)15-26(2)23(29)6-5-7-24(30)28-26/h8-14,22-23H,5-7,15-16H2,1-4H3,(H,27,31)(H,28,30)/t22-,23-,26-/m0/s1. The van der Waals surface area contributed by atoms with Crippen LogP contribution in [0.2, 0.25) is 0 Å². The van der Waals surface area contributed by atoms with E-state index < -0.39 is 0 Å². The molecule has 0 unspecified atom stereocenters. The number of nitrogens with zero attached hydrogens (tertiary/aromatic N) is 1. The quantitative estimate of drug-likeness (QED) is 0.698. The molecule has 0 saturated carbocycles. The Hall–Kier alpha value is -3.06. The number of amides is 2. The molecule has 2 aromatic carbocycles. The van der Waals surface area contributed by atoms with Crippen molar-refractivity contribution in [3.63, 3.8) is 0 Å². The van der Waals surface area contributed by atoms with E-state index >= 15 is 0 Å². The highest BCUT2D eigenvalue weighted by molar-refractivity contribution is 5.93. The van der Waals surface area contributed by atoms with Crippen LogP contribution in [0.15, 0.2) is 42.5 Å². The van der Waals surface area contributed by atoms with Crippen molar-refractivity contribution >= 4 is 17.5 Å². The third kappa shape index (κ3) is 4.83. The average Bonchev–Trinajstić information content (AvgIpc) is 2.96. The Morgan fingerprint density at radius 2 is 1.85 bits per heavy atom. The van der Waals surface area contributed by atoms with E-state index in [0.29, 0.717) is 12.2 Å². The predicted octanol–water partition coefficient (Wildman–Crippen LogP) is 3.83. The lowest BCUT2D eigenvalue weighted by molar-refractivity contribution is -0.122. The molecular formula is C26H33N3O4. The summed E-state index contributed by atoms with van der Waals surface area (Å²) in [7, 11) is 3.26. The number of aryl methyl sites for hydroxylation is 1. The first kappa shape index (κ1) is 23.1. The summed E-state index contributed by atoms with van der Waals surface area (Å²) < 4.78 is 10.6. The number of nitrogens with one attached hydrogen (secondary N) is 2. The van der Waals surface area contributed by atoms with Crippen molar-refractivity contribution < 1.29 is 19.1 Å². The fourth-order valence-corrected chi connectivity index (χ4v) is 5.27. The van der Waals surface area contributed by atoms with Gasteiger partial charge in [-0.25, -0.2) is 0 Å². The number of fused-ring (bicyclic) bond motifs is 1. The van der Waals surface area contributed by atoms with Gasteiger partial charge in [-0.3, -0.25) is 14.5 Å². The predicted molar refractivity (Wildman–Crippen MR) is 128 cm³/mol. The lowest BCUT2D eigenvalue weighted by atomic mass is 9.88. The second-order valence-electron chi connectivity index (χ2n) is 9.27. The van der Waals surface area contributed by atoms with E-state index in [4.69, 9.17) is 9.47 Å². The molecule has 2 saturated heterocycles. The number of methoxy groups -OCH3 is 2. The van der Waals surface area contributed by atoms with Gasteiger partial charge in [-0.15, -0.1) is 0 Å².